The summed E-state index contributed by atoms with van der Waals surface area (Å²) in [6.07, 6.45) is 3.05. The summed E-state index contributed by atoms with van der Waals surface area (Å²) in [7, 11) is -0.152. The smallest absolute Gasteiger partial charge is 0.0339 e. The molecule has 0 amide bonds. The lowest BCUT2D eigenvalue weighted by atomic mass is 10.1. The maximum absolute atomic E-state index is 2.51. The van der Waals surface area contributed by atoms with Gasteiger partial charge in [0, 0.05) is 8.80 Å². The Labute approximate surface area is 53.9 Å². The first-order chi connectivity index (χ1) is 3.79. The van der Waals surface area contributed by atoms with Crippen LogP contribution in [0.3, 0.4) is 0 Å². The molecule has 1 aliphatic rings. The average molecular weight is 128 g/mol. The third-order valence-electron chi connectivity index (χ3n) is 2.20. The second-order valence-corrected chi connectivity index (χ2v) is 6.64. The Hall–Kier alpha value is 0.217. The van der Waals surface area contributed by atoms with E-state index in [9.17, 15) is 0 Å². The molecule has 0 aliphatic carbocycles. The molecule has 1 heteroatoms. The van der Waals surface area contributed by atoms with Gasteiger partial charge in [-0.05, 0) is 5.92 Å². The Morgan fingerprint density at radius 1 is 1.50 bits per heavy atom. The first kappa shape index (κ1) is 6.34. The molecule has 0 nitrogen and oxygen atoms in total. The summed E-state index contributed by atoms with van der Waals surface area (Å²) in [5.74, 6) is 1.07. The normalized spacial score (nSPS) is 39.8. The first-order valence-electron chi connectivity index (χ1n) is 3.79. The van der Waals surface area contributed by atoms with E-state index in [1.54, 1.807) is 12.1 Å². The molecule has 0 radical (unpaired) electrons. The molecule has 0 spiro atoms. The molecule has 0 saturated carbocycles. The van der Waals surface area contributed by atoms with E-state index in [4.69, 9.17) is 0 Å². The van der Waals surface area contributed by atoms with Gasteiger partial charge in [0.1, 0.15) is 0 Å². The van der Waals surface area contributed by atoms with Crippen LogP contribution >= 0.6 is 0 Å². The summed E-state index contributed by atoms with van der Waals surface area (Å²) in [5, 5.41) is 0. The lowest BCUT2D eigenvalue weighted by Gasteiger charge is -2.21. The van der Waals surface area contributed by atoms with Gasteiger partial charge in [0.05, 0.1) is 0 Å². The van der Waals surface area contributed by atoms with Gasteiger partial charge >= 0.3 is 0 Å². The molecule has 2 unspecified atom stereocenters. The Bertz CT molecular complexity index is 62.8. The molecule has 8 heavy (non-hydrogen) atoms. The highest BCUT2D eigenvalue weighted by atomic mass is 28.3. The average Bonchev–Trinajstić information content (AvgIpc) is 1.64. The highest BCUT2D eigenvalue weighted by Crippen LogP contribution is 2.23. The summed E-state index contributed by atoms with van der Waals surface area (Å²) in [4.78, 5) is 0. The third-order valence-corrected chi connectivity index (χ3v) is 5.20. The Kier molecular flexibility index (Phi) is 2.12. The van der Waals surface area contributed by atoms with Crippen molar-refractivity contribution in [1.82, 2.24) is 0 Å². The fraction of sp³-hybridized carbons (Fsp3) is 1.00. The molecule has 1 fully saturated rings. The molecule has 1 aliphatic heterocycles. The van der Waals surface area contributed by atoms with Crippen molar-refractivity contribution in [2.45, 2.75) is 38.4 Å². The Balaban J connectivity index is 2.23. The third kappa shape index (κ3) is 1.62. The summed E-state index contributed by atoms with van der Waals surface area (Å²) >= 11 is 0. The molecule has 1 rings (SSSR count). The van der Waals surface area contributed by atoms with Gasteiger partial charge in [-0.2, -0.15) is 0 Å². The van der Waals surface area contributed by atoms with Crippen molar-refractivity contribution in [3.05, 3.63) is 0 Å². The van der Waals surface area contributed by atoms with Crippen LogP contribution in [0, 0.1) is 5.92 Å². The van der Waals surface area contributed by atoms with Gasteiger partial charge in [-0.25, -0.2) is 0 Å². The van der Waals surface area contributed by atoms with Gasteiger partial charge < -0.3 is 0 Å². The molecule has 1 saturated heterocycles. The monoisotopic (exact) mass is 128 g/mol. The molecule has 0 aromatic carbocycles. The maximum Gasteiger partial charge on any atom is 0.0339 e. The van der Waals surface area contributed by atoms with E-state index in [0.29, 0.717) is 0 Å². The van der Waals surface area contributed by atoms with Crippen LogP contribution in [0.15, 0.2) is 0 Å². The van der Waals surface area contributed by atoms with E-state index in [0.717, 1.165) is 5.92 Å². The molecule has 1 heterocycles. The van der Waals surface area contributed by atoms with Gasteiger partial charge in [-0.15, -0.1) is 0 Å². The largest absolute Gasteiger partial charge is 0.0720 e. The van der Waals surface area contributed by atoms with E-state index in [1.807, 2.05) is 0 Å². The van der Waals surface area contributed by atoms with Crippen molar-refractivity contribution in [2.75, 3.05) is 0 Å². The van der Waals surface area contributed by atoms with Crippen molar-refractivity contribution < 1.29 is 0 Å². The summed E-state index contributed by atoms with van der Waals surface area (Å²) < 4.78 is 0. The molecule has 0 aromatic heterocycles. The van der Waals surface area contributed by atoms with Crippen LogP contribution in [0.5, 0.6) is 0 Å². The van der Waals surface area contributed by atoms with Crippen LogP contribution in [0.25, 0.3) is 0 Å². The van der Waals surface area contributed by atoms with Crippen molar-refractivity contribution in [3.63, 3.8) is 0 Å². The van der Waals surface area contributed by atoms with Crippen LogP contribution in [0.2, 0.25) is 18.6 Å². The van der Waals surface area contributed by atoms with Gasteiger partial charge in [-0.3, -0.25) is 0 Å². The lowest BCUT2D eigenvalue weighted by molar-refractivity contribution is 0.545. The van der Waals surface area contributed by atoms with Crippen LogP contribution in [-0.2, 0) is 0 Å². The van der Waals surface area contributed by atoms with Gasteiger partial charge in [0.15, 0.2) is 0 Å². The van der Waals surface area contributed by atoms with E-state index in [1.165, 1.54) is 12.8 Å². The van der Waals surface area contributed by atoms with Crippen LogP contribution in [-0.4, -0.2) is 8.80 Å². The number of hydrogen-bond donors (Lipinski definition) is 0. The van der Waals surface area contributed by atoms with Gasteiger partial charge in [0.2, 0.25) is 0 Å². The summed E-state index contributed by atoms with van der Waals surface area (Å²) in [6, 6.07) is 3.23. The summed E-state index contributed by atoms with van der Waals surface area (Å²) in [5.41, 5.74) is 0. The quantitative estimate of drug-likeness (QED) is 0.439. The minimum atomic E-state index is -0.152. The summed E-state index contributed by atoms with van der Waals surface area (Å²) in [6.45, 7) is 4.92. The zero-order valence-electron chi connectivity index (χ0n) is 5.98. The minimum absolute atomic E-state index is 0.152. The molecular weight excluding hydrogens is 112 g/mol. The van der Waals surface area contributed by atoms with Crippen LogP contribution in [0.4, 0.5) is 0 Å². The van der Waals surface area contributed by atoms with Crippen molar-refractivity contribution >= 4 is 8.80 Å². The fourth-order valence-corrected chi connectivity index (χ4v) is 4.52. The van der Waals surface area contributed by atoms with E-state index in [2.05, 4.69) is 13.5 Å². The highest BCUT2D eigenvalue weighted by Gasteiger charge is 2.14. The van der Waals surface area contributed by atoms with E-state index < -0.39 is 0 Å². The zero-order chi connectivity index (χ0) is 5.98. The predicted octanol–water partition coefficient (Wildman–Crippen LogP) is 2.27. The minimum Gasteiger partial charge on any atom is -0.0720 e. The number of hydrogen-bond acceptors (Lipinski definition) is 0. The SMILES string of the molecule is CC1CCC[SiH](C)C1. The first-order valence-corrected chi connectivity index (χ1v) is 6.58. The number of rotatable bonds is 0. The molecule has 48 valence electrons. The zero-order valence-corrected chi connectivity index (χ0v) is 7.14. The van der Waals surface area contributed by atoms with Gasteiger partial charge in [-0.1, -0.05) is 38.4 Å². The molecule has 0 aromatic rings. The lowest BCUT2D eigenvalue weighted by Crippen LogP contribution is -2.16. The Morgan fingerprint density at radius 2 is 2.25 bits per heavy atom. The highest BCUT2D eigenvalue weighted by molar-refractivity contribution is 6.57. The second kappa shape index (κ2) is 2.67. The topological polar surface area (TPSA) is 0 Å². The molecular formula is C7H16Si. The fourth-order valence-electron chi connectivity index (χ4n) is 1.74. The van der Waals surface area contributed by atoms with Crippen molar-refractivity contribution in [3.8, 4) is 0 Å². The molecule has 0 N–H and O–H groups in total. The maximum atomic E-state index is 2.51. The van der Waals surface area contributed by atoms with Crippen LogP contribution in [0.1, 0.15) is 19.8 Å². The van der Waals surface area contributed by atoms with Crippen molar-refractivity contribution in [2.24, 2.45) is 5.92 Å². The van der Waals surface area contributed by atoms with E-state index >= 15 is 0 Å². The van der Waals surface area contributed by atoms with Crippen LogP contribution < -0.4 is 0 Å². The molecule has 0 bridgehead atoms. The predicted molar refractivity (Wildman–Crippen MR) is 41.0 cm³/mol. The van der Waals surface area contributed by atoms with Crippen molar-refractivity contribution in [1.29, 1.82) is 0 Å². The molecule has 2 atom stereocenters. The van der Waals surface area contributed by atoms with E-state index in [-0.39, 0.29) is 8.80 Å². The Morgan fingerprint density at radius 3 is 2.62 bits per heavy atom. The second-order valence-electron chi connectivity index (χ2n) is 3.38. The van der Waals surface area contributed by atoms with Gasteiger partial charge in [0.25, 0.3) is 0 Å². The standard InChI is InChI=1S/C7H16Si/c1-7-4-3-5-8(2)6-7/h7-8H,3-6H2,1-2H3.